The summed E-state index contributed by atoms with van der Waals surface area (Å²) in [6.07, 6.45) is -0.00460. The first kappa shape index (κ1) is 23.5. The zero-order valence-corrected chi connectivity index (χ0v) is 19.6. The van der Waals surface area contributed by atoms with Crippen LogP contribution >= 0.6 is 0 Å². The van der Waals surface area contributed by atoms with Gasteiger partial charge in [-0.1, -0.05) is 50.2 Å². The summed E-state index contributed by atoms with van der Waals surface area (Å²) in [5.41, 5.74) is 3.58. The fourth-order valence-corrected chi connectivity index (χ4v) is 4.26. The minimum Gasteiger partial charge on any atom is -0.481 e. The van der Waals surface area contributed by atoms with E-state index in [0.29, 0.717) is 18.0 Å². The van der Waals surface area contributed by atoms with Gasteiger partial charge in [-0.3, -0.25) is 9.59 Å². The first-order valence-corrected chi connectivity index (χ1v) is 11.5. The number of carbonyl (C=O) groups excluding carboxylic acids is 2. The molecule has 3 aromatic carbocycles. The van der Waals surface area contributed by atoms with Crippen molar-refractivity contribution in [3.63, 3.8) is 0 Å². The summed E-state index contributed by atoms with van der Waals surface area (Å²) in [6.45, 7) is 6.05. The van der Waals surface area contributed by atoms with Crippen LogP contribution in [-0.4, -0.2) is 29.4 Å². The minimum atomic E-state index is -0.723. The Balaban J connectivity index is 1.62. The number of rotatable bonds is 6. The van der Waals surface area contributed by atoms with E-state index in [-0.39, 0.29) is 29.6 Å². The van der Waals surface area contributed by atoms with Gasteiger partial charge in [0.25, 0.3) is 5.91 Å². The molecule has 4 rings (SSSR count). The van der Waals surface area contributed by atoms with E-state index in [1.165, 1.54) is 12.1 Å². The van der Waals surface area contributed by atoms with Gasteiger partial charge in [0.05, 0.1) is 6.04 Å². The molecular weight excluding hydrogens is 431 g/mol. The standard InChI is InChI=1S/C28H29FN2O3/c1-18(2)28(33)31-16-15-20-11-14-24(17-25(20)26(31)21-9-12-22(29)13-10-21)34-19(3)27(32)30-23-7-5-4-6-8-23/h4-14,17-19,26H,15-16H2,1-3H3,(H,30,32). The smallest absolute Gasteiger partial charge is 0.265 e. The zero-order chi connectivity index (χ0) is 24.2. The molecule has 0 bridgehead atoms. The number of halogens is 1. The van der Waals surface area contributed by atoms with Crippen LogP contribution in [0, 0.1) is 11.7 Å². The van der Waals surface area contributed by atoms with E-state index in [1.807, 2.05) is 67.3 Å². The largest absolute Gasteiger partial charge is 0.481 e. The van der Waals surface area contributed by atoms with Gasteiger partial charge in [-0.25, -0.2) is 4.39 Å². The Morgan fingerprint density at radius 1 is 1.00 bits per heavy atom. The van der Waals surface area contributed by atoms with Crippen LogP contribution in [0.2, 0.25) is 0 Å². The van der Waals surface area contributed by atoms with Crippen LogP contribution < -0.4 is 10.1 Å². The summed E-state index contributed by atoms with van der Waals surface area (Å²) in [5.74, 6) is -0.152. The molecule has 0 saturated carbocycles. The number of anilines is 1. The molecule has 6 heteroatoms. The van der Waals surface area contributed by atoms with Crippen LogP contribution in [0.1, 0.15) is 43.5 Å². The number of amides is 2. The van der Waals surface area contributed by atoms with Crippen molar-refractivity contribution in [3.8, 4) is 5.75 Å². The van der Waals surface area contributed by atoms with E-state index in [2.05, 4.69) is 5.32 Å². The molecule has 0 saturated heterocycles. The highest BCUT2D eigenvalue weighted by Gasteiger charge is 2.33. The molecule has 34 heavy (non-hydrogen) atoms. The Kier molecular flexibility index (Phi) is 6.96. The lowest BCUT2D eigenvalue weighted by Crippen LogP contribution is -2.42. The van der Waals surface area contributed by atoms with Crippen molar-refractivity contribution < 1.29 is 18.7 Å². The lowest BCUT2D eigenvalue weighted by molar-refractivity contribution is -0.136. The Hall–Kier alpha value is -3.67. The molecule has 0 aromatic heterocycles. The highest BCUT2D eigenvalue weighted by molar-refractivity contribution is 5.94. The van der Waals surface area contributed by atoms with Crippen LogP contribution in [0.3, 0.4) is 0 Å². The quantitative estimate of drug-likeness (QED) is 0.539. The number of ether oxygens (including phenoxy) is 1. The van der Waals surface area contributed by atoms with Gasteiger partial charge < -0.3 is 15.0 Å². The second-order valence-corrected chi connectivity index (χ2v) is 8.87. The van der Waals surface area contributed by atoms with Gasteiger partial charge in [-0.05, 0) is 66.4 Å². The first-order valence-electron chi connectivity index (χ1n) is 11.5. The van der Waals surface area contributed by atoms with Crippen LogP contribution in [0.25, 0.3) is 0 Å². The first-order chi connectivity index (χ1) is 16.3. The molecule has 176 valence electrons. The number of benzene rings is 3. The molecule has 0 aliphatic carbocycles. The molecule has 1 N–H and O–H groups in total. The van der Waals surface area contributed by atoms with Crippen LogP contribution in [0.5, 0.6) is 5.75 Å². The van der Waals surface area contributed by atoms with Crippen molar-refractivity contribution in [2.75, 3.05) is 11.9 Å². The highest BCUT2D eigenvalue weighted by Crippen LogP contribution is 2.38. The van der Waals surface area contributed by atoms with Crippen molar-refractivity contribution in [1.29, 1.82) is 0 Å². The Bertz CT molecular complexity index is 1160. The lowest BCUT2D eigenvalue weighted by atomic mass is 9.87. The van der Waals surface area contributed by atoms with E-state index in [1.54, 1.807) is 19.1 Å². The van der Waals surface area contributed by atoms with Gasteiger partial charge >= 0.3 is 0 Å². The Labute approximate surface area is 199 Å². The molecule has 1 heterocycles. The summed E-state index contributed by atoms with van der Waals surface area (Å²) in [4.78, 5) is 27.5. The Morgan fingerprint density at radius 2 is 1.71 bits per heavy atom. The highest BCUT2D eigenvalue weighted by atomic mass is 19.1. The molecule has 1 aliphatic rings. The van der Waals surface area contributed by atoms with Crippen molar-refractivity contribution >= 4 is 17.5 Å². The van der Waals surface area contributed by atoms with Crippen molar-refractivity contribution in [2.45, 2.75) is 39.3 Å². The third-order valence-corrected chi connectivity index (χ3v) is 6.03. The summed E-state index contributed by atoms with van der Waals surface area (Å²) in [7, 11) is 0. The number of nitrogens with zero attached hydrogens (tertiary/aromatic N) is 1. The predicted molar refractivity (Wildman–Crippen MR) is 130 cm³/mol. The van der Waals surface area contributed by atoms with Crippen LogP contribution in [0.15, 0.2) is 72.8 Å². The van der Waals surface area contributed by atoms with Crippen LogP contribution in [-0.2, 0) is 16.0 Å². The van der Waals surface area contributed by atoms with Gasteiger partial charge in [0.2, 0.25) is 5.91 Å². The van der Waals surface area contributed by atoms with Crippen molar-refractivity contribution in [3.05, 3.63) is 95.3 Å². The number of carbonyl (C=O) groups is 2. The molecule has 2 amide bonds. The molecule has 0 fully saturated rings. The summed E-state index contributed by atoms with van der Waals surface area (Å²) in [5, 5.41) is 2.85. The number of hydrogen-bond donors (Lipinski definition) is 1. The van der Waals surface area contributed by atoms with Gasteiger partial charge in [0.1, 0.15) is 11.6 Å². The maximum absolute atomic E-state index is 13.6. The minimum absolute atomic E-state index is 0.0434. The zero-order valence-electron chi connectivity index (χ0n) is 19.6. The number of hydrogen-bond acceptors (Lipinski definition) is 3. The predicted octanol–water partition coefficient (Wildman–Crippen LogP) is 5.36. The molecule has 2 unspecified atom stereocenters. The third-order valence-electron chi connectivity index (χ3n) is 6.03. The van der Waals surface area contributed by atoms with E-state index in [9.17, 15) is 14.0 Å². The molecule has 2 atom stereocenters. The van der Waals surface area contributed by atoms with Gasteiger partial charge in [0.15, 0.2) is 6.10 Å². The second-order valence-electron chi connectivity index (χ2n) is 8.87. The molecular formula is C28H29FN2O3. The van der Waals surface area contributed by atoms with E-state index < -0.39 is 6.10 Å². The normalized spacial score (nSPS) is 16.0. The summed E-state index contributed by atoms with van der Waals surface area (Å²) in [6, 6.07) is 20.9. The number of fused-ring (bicyclic) bond motifs is 1. The fraction of sp³-hybridized carbons (Fsp3) is 0.286. The average molecular weight is 461 g/mol. The SMILES string of the molecule is CC(C)C(=O)N1CCc2ccc(OC(C)C(=O)Nc3ccccc3)cc2C1c1ccc(F)cc1. The lowest BCUT2D eigenvalue weighted by Gasteiger charge is -2.39. The monoisotopic (exact) mass is 460 g/mol. The van der Waals surface area contributed by atoms with E-state index in [4.69, 9.17) is 4.74 Å². The number of para-hydroxylation sites is 1. The summed E-state index contributed by atoms with van der Waals surface area (Å²) >= 11 is 0. The van der Waals surface area contributed by atoms with E-state index >= 15 is 0 Å². The fourth-order valence-electron chi connectivity index (χ4n) is 4.26. The molecule has 5 nitrogen and oxygen atoms in total. The molecule has 3 aromatic rings. The van der Waals surface area contributed by atoms with Gasteiger partial charge in [-0.2, -0.15) is 0 Å². The topological polar surface area (TPSA) is 58.6 Å². The maximum Gasteiger partial charge on any atom is 0.265 e. The maximum atomic E-state index is 13.6. The van der Waals surface area contributed by atoms with E-state index in [0.717, 1.165) is 23.1 Å². The third kappa shape index (κ3) is 5.11. The summed E-state index contributed by atoms with van der Waals surface area (Å²) < 4.78 is 19.6. The van der Waals surface area contributed by atoms with Gasteiger partial charge in [0, 0.05) is 18.2 Å². The average Bonchev–Trinajstić information content (AvgIpc) is 2.84. The van der Waals surface area contributed by atoms with Crippen molar-refractivity contribution in [1.82, 2.24) is 4.90 Å². The molecule has 0 spiro atoms. The van der Waals surface area contributed by atoms with Gasteiger partial charge in [-0.15, -0.1) is 0 Å². The Morgan fingerprint density at radius 3 is 2.38 bits per heavy atom. The van der Waals surface area contributed by atoms with Crippen LogP contribution in [0.4, 0.5) is 10.1 Å². The molecule has 1 aliphatic heterocycles. The second kappa shape index (κ2) is 10.1. The molecule has 0 radical (unpaired) electrons. The number of nitrogens with one attached hydrogen (secondary N) is 1. The van der Waals surface area contributed by atoms with Crippen molar-refractivity contribution in [2.24, 2.45) is 5.92 Å².